The molecule has 0 amide bonds. The van der Waals surface area contributed by atoms with Crippen LogP contribution in [0, 0.1) is 0 Å². The quantitative estimate of drug-likeness (QED) is 0.787. The average molecular weight is 264 g/mol. The third-order valence-corrected chi connectivity index (χ3v) is 5.37. The molecule has 1 heterocycles. The monoisotopic (exact) mass is 264 g/mol. The topological polar surface area (TPSA) is 72.6 Å². The van der Waals surface area contributed by atoms with E-state index < -0.39 is 10.0 Å². The fourth-order valence-electron chi connectivity index (χ4n) is 2.26. The van der Waals surface area contributed by atoms with Gasteiger partial charge in [-0.15, -0.1) is 0 Å². The number of ether oxygens (including phenoxy) is 1. The van der Waals surface area contributed by atoms with Crippen LogP contribution in [0.2, 0.25) is 0 Å². The molecule has 0 aliphatic carbocycles. The van der Waals surface area contributed by atoms with Gasteiger partial charge in [0.05, 0.1) is 11.9 Å². The second-order valence-corrected chi connectivity index (χ2v) is 6.82. The van der Waals surface area contributed by atoms with E-state index in [-0.39, 0.29) is 23.9 Å². The summed E-state index contributed by atoms with van der Waals surface area (Å²) in [6.45, 7) is 4.23. The van der Waals surface area contributed by atoms with Crippen LogP contribution in [0.1, 0.15) is 33.1 Å². The number of nitrogens with two attached hydrogens (primary N) is 1. The van der Waals surface area contributed by atoms with E-state index in [2.05, 4.69) is 0 Å². The first kappa shape index (κ1) is 14.9. The van der Waals surface area contributed by atoms with Gasteiger partial charge in [-0.1, -0.05) is 6.42 Å². The van der Waals surface area contributed by atoms with E-state index in [0.29, 0.717) is 6.54 Å². The molecule has 0 aromatic heterocycles. The van der Waals surface area contributed by atoms with E-state index in [1.54, 1.807) is 11.2 Å². The Kier molecular flexibility index (Phi) is 5.37. The molecule has 1 fully saturated rings. The molecular formula is C11H24N2O3S. The SMILES string of the molecule is COC(C)CS(=O)(=O)N1CCCCC1C(C)N. The van der Waals surface area contributed by atoms with Gasteiger partial charge in [0.15, 0.2) is 0 Å². The zero-order chi connectivity index (χ0) is 13.1. The van der Waals surface area contributed by atoms with Crippen LogP contribution in [0.15, 0.2) is 0 Å². The molecule has 2 N–H and O–H groups in total. The van der Waals surface area contributed by atoms with Gasteiger partial charge in [-0.05, 0) is 26.7 Å². The third-order valence-electron chi connectivity index (χ3n) is 3.31. The van der Waals surface area contributed by atoms with E-state index in [1.165, 1.54) is 7.11 Å². The Morgan fingerprint density at radius 3 is 2.59 bits per heavy atom. The lowest BCUT2D eigenvalue weighted by Crippen LogP contribution is -2.53. The number of nitrogens with zero attached hydrogens (tertiary/aromatic N) is 1. The predicted octanol–water partition coefficient (Wildman–Crippen LogP) is 0.553. The van der Waals surface area contributed by atoms with E-state index in [0.717, 1.165) is 19.3 Å². The minimum Gasteiger partial charge on any atom is -0.381 e. The molecule has 1 rings (SSSR count). The van der Waals surface area contributed by atoms with Crippen molar-refractivity contribution in [3.8, 4) is 0 Å². The van der Waals surface area contributed by atoms with Crippen molar-refractivity contribution < 1.29 is 13.2 Å². The van der Waals surface area contributed by atoms with Gasteiger partial charge in [-0.3, -0.25) is 0 Å². The molecule has 5 nitrogen and oxygen atoms in total. The molecule has 6 heteroatoms. The Morgan fingerprint density at radius 2 is 2.06 bits per heavy atom. The molecule has 0 saturated carbocycles. The van der Waals surface area contributed by atoms with Crippen molar-refractivity contribution in [2.45, 2.75) is 51.3 Å². The first-order chi connectivity index (χ1) is 7.88. The summed E-state index contributed by atoms with van der Waals surface area (Å²) < 4.78 is 31.1. The van der Waals surface area contributed by atoms with Crippen molar-refractivity contribution in [2.24, 2.45) is 5.73 Å². The van der Waals surface area contributed by atoms with Crippen molar-refractivity contribution in [1.29, 1.82) is 0 Å². The Labute approximate surface area is 104 Å². The van der Waals surface area contributed by atoms with Crippen LogP contribution >= 0.6 is 0 Å². The molecule has 0 spiro atoms. The zero-order valence-corrected chi connectivity index (χ0v) is 11.7. The molecule has 17 heavy (non-hydrogen) atoms. The molecule has 102 valence electrons. The standard InChI is InChI=1S/C11H24N2O3S/c1-9(16-3)8-17(14,15)13-7-5-4-6-11(13)10(2)12/h9-11H,4-8,12H2,1-3H3. The molecule has 0 aromatic rings. The highest BCUT2D eigenvalue weighted by Crippen LogP contribution is 2.23. The number of rotatable bonds is 5. The van der Waals surface area contributed by atoms with Crippen LogP contribution < -0.4 is 5.73 Å². The maximum atomic E-state index is 12.3. The minimum atomic E-state index is -3.26. The van der Waals surface area contributed by atoms with Crippen molar-refractivity contribution >= 4 is 10.0 Å². The summed E-state index contributed by atoms with van der Waals surface area (Å²) >= 11 is 0. The number of piperidine rings is 1. The van der Waals surface area contributed by atoms with Crippen LogP contribution in [0.5, 0.6) is 0 Å². The maximum absolute atomic E-state index is 12.3. The Morgan fingerprint density at radius 1 is 1.41 bits per heavy atom. The van der Waals surface area contributed by atoms with Gasteiger partial charge in [0.1, 0.15) is 0 Å². The van der Waals surface area contributed by atoms with Crippen molar-refractivity contribution in [3.63, 3.8) is 0 Å². The summed E-state index contributed by atoms with van der Waals surface area (Å²) in [5.41, 5.74) is 5.88. The number of hydrogen-bond donors (Lipinski definition) is 1. The van der Waals surface area contributed by atoms with Crippen LogP contribution in [0.4, 0.5) is 0 Å². The smallest absolute Gasteiger partial charge is 0.216 e. The van der Waals surface area contributed by atoms with E-state index in [9.17, 15) is 8.42 Å². The lowest BCUT2D eigenvalue weighted by atomic mass is 10.00. The van der Waals surface area contributed by atoms with Crippen molar-refractivity contribution in [1.82, 2.24) is 4.31 Å². The fraction of sp³-hybridized carbons (Fsp3) is 1.00. The lowest BCUT2D eigenvalue weighted by molar-refractivity contribution is 0.133. The second kappa shape index (κ2) is 6.13. The summed E-state index contributed by atoms with van der Waals surface area (Å²) in [5.74, 6) is 0.0344. The molecule has 0 bridgehead atoms. The summed E-state index contributed by atoms with van der Waals surface area (Å²) in [6.07, 6.45) is 2.55. The van der Waals surface area contributed by atoms with E-state index in [4.69, 9.17) is 10.5 Å². The highest BCUT2D eigenvalue weighted by Gasteiger charge is 2.34. The first-order valence-electron chi connectivity index (χ1n) is 6.16. The van der Waals surface area contributed by atoms with Crippen molar-refractivity contribution in [2.75, 3.05) is 19.4 Å². The number of methoxy groups -OCH3 is 1. The van der Waals surface area contributed by atoms with Gasteiger partial charge in [0.2, 0.25) is 10.0 Å². The molecule has 1 aliphatic rings. The molecule has 3 atom stereocenters. The van der Waals surface area contributed by atoms with Crippen LogP contribution in [-0.2, 0) is 14.8 Å². The largest absolute Gasteiger partial charge is 0.381 e. The van der Waals surface area contributed by atoms with Gasteiger partial charge in [-0.2, -0.15) is 4.31 Å². The summed E-state index contributed by atoms with van der Waals surface area (Å²) in [4.78, 5) is 0. The summed E-state index contributed by atoms with van der Waals surface area (Å²) in [7, 11) is -1.73. The summed E-state index contributed by atoms with van der Waals surface area (Å²) in [5, 5.41) is 0. The molecule has 1 saturated heterocycles. The minimum absolute atomic E-state index is 0.0344. The molecule has 0 radical (unpaired) electrons. The Bertz CT molecular complexity index is 330. The zero-order valence-electron chi connectivity index (χ0n) is 10.9. The fourth-order valence-corrected chi connectivity index (χ4v) is 4.30. The lowest BCUT2D eigenvalue weighted by Gasteiger charge is -2.37. The van der Waals surface area contributed by atoms with Gasteiger partial charge >= 0.3 is 0 Å². The highest BCUT2D eigenvalue weighted by atomic mass is 32.2. The Hall–Kier alpha value is -0.170. The molecule has 3 unspecified atom stereocenters. The number of sulfonamides is 1. The predicted molar refractivity (Wildman–Crippen MR) is 68.3 cm³/mol. The van der Waals surface area contributed by atoms with Gasteiger partial charge in [-0.25, -0.2) is 8.42 Å². The summed E-state index contributed by atoms with van der Waals surface area (Å²) in [6, 6.07) is -0.180. The van der Waals surface area contributed by atoms with Crippen LogP contribution in [0.25, 0.3) is 0 Å². The van der Waals surface area contributed by atoms with Gasteiger partial charge in [0, 0.05) is 25.7 Å². The first-order valence-corrected chi connectivity index (χ1v) is 7.77. The number of hydrogen-bond acceptors (Lipinski definition) is 4. The van der Waals surface area contributed by atoms with Crippen molar-refractivity contribution in [3.05, 3.63) is 0 Å². The molecule has 1 aliphatic heterocycles. The van der Waals surface area contributed by atoms with Gasteiger partial charge in [0.25, 0.3) is 0 Å². The molecular weight excluding hydrogens is 240 g/mol. The second-order valence-electron chi connectivity index (χ2n) is 4.86. The average Bonchev–Trinajstić information content (AvgIpc) is 2.28. The molecule has 0 aromatic carbocycles. The third kappa shape index (κ3) is 3.91. The van der Waals surface area contributed by atoms with E-state index >= 15 is 0 Å². The van der Waals surface area contributed by atoms with Crippen LogP contribution in [-0.4, -0.2) is 50.3 Å². The Balaban J connectivity index is 2.80. The van der Waals surface area contributed by atoms with Gasteiger partial charge < -0.3 is 10.5 Å². The maximum Gasteiger partial charge on any atom is 0.216 e. The highest BCUT2D eigenvalue weighted by molar-refractivity contribution is 7.89. The van der Waals surface area contributed by atoms with E-state index in [1.807, 2.05) is 6.92 Å². The van der Waals surface area contributed by atoms with Crippen LogP contribution in [0.3, 0.4) is 0 Å². The normalized spacial score (nSPS) is 26.7.